The third-order valence-electron chi connectivity index (χ3n) is 2.29. The Labute approximate surface area is 79.6 Å². The molecule has 0 unspecified atom stereocenters. The minimum atomic E-state index is -0.791. The maximum Gasteiger partial charge on any atom is 0.325 e. The summed E-state index contributed by atoms with van der Waals surface area (Å²) >= 11 is 0. The molecule has 72 valence electrons. The van der Waals surface area contributed by atoms with Crippen molar-refractivity contribution in [1.29, 1.82) is 0 Å². The zero-order chi connectivity index (χ0) is 10.3. The number of fused-ring (bicyclic) bond motifs is 1. The number of pyridine rings is 1. The van der Waals surface area contributed by atoms with Crippen LogP contribution in [0.25, 0.3) is 10.9 Å². The first-order valence-corrected chi connectivity index (χ1v) is 4.15. The van der Waals surface area contributed by atoms with Crippen molar-refractivity contribution < 1.29 is 10.3 Å². The lowest BCUT2D eigenvalue weighted by Crippen LogP contribution is -2.18. The summed E-state index contributed by atoms with van der Waals surface area (Å²) in [5.41, 5.74) is 0.0879. The number of benzene rings is 1. The number of rotatable bonds is 0. The average molecular weight is 191 g/mol. The van der Waals surface area contributed by atoms with Crippen molar-refractivity contribution in [2.75, 3.05) is 0 Å². The first-order chi connectivity index (χ1) is 6.63. The Morgan fingerprint density at radius 3 is 2.64 bits per heavy atom. The Hall–Kier alpha value is -1.97. The van der Waals surface area contributed by atoms with Gasteiger partial charge in [0.15, 0.2) is 5.75 Å². The summed E-state index contributed by atoms with van der Waals surface area (Å²) in [5.74, 6) is -0.411. The van der Waals surface area contributed by atoms with Gasteiger partial charge in [0.25, 0.3) is 0 Å². The summed E-state index contributed by atoms with van der Waals surface area (Å²) in [4.78, 5) is 11.3. The monoisotopic (exact) mass is 191 g/mol. The molecule has 0 spiro atoms. The quantitative estimate of drug-likeness (QED) is 0.616. The highest BCUT2D eigenvalue weighted by Gasteiger charge is 2.11. The summed E-state index contributed by atoms with van der Waals surface area (Å²) in [6.45, 7) is 1.64. The minimum Gasteiger partial charge on any atom is -0.503 e. The molecule has 1 aromatic heterocycles. The second-order valence-corrected chi connectivity index (χ2v) is 3.11. The van der Waals surface area contributed by atoms with Crippen molar-refractivity contribution in [3.05, 3.63) is 40.2 Å². The van der Waals surface area contributed by atoms with Crippen LogP contribution in [0.1, 0.15) is 5.56 Å². The van der Waals surface area contributed by atoms with E-state index in [1.807, 2.05) is 0 Å². The van der Waals surface area contributed by atoms with Crippen LogP contribution in [-0.4, -0.2) is 15.0 Å². The van der Waals surface area contributed by atoms with Gasteiger partial charge in [-0.2, -0.15) is 0 Å². The van der Waals surface area contributed by atoms with Crippen molar-refractivity contribution in [3.63, 3.8) is 0 Å². The van der Waals surface area contributed by atoms with Crippen LogP contribution in [0.2, 0.25) is 0 Å². The predicted molar refractivity (Wildman–Crippen MR) is 51.8 cm³/mol. The van der Waals surface area contributed by atoms with Crippen molar-refractivity contribution in [1.82, 2.24) is 4.73 Å². The third kappa shape index (κ3) is 0.970. The Balaban J connectivity index is 3.10. The van der Waals surface area contributed by atoms with Crippen molar-refractivity contribution >= 4 is 10.9 Å². The molecule has 0 saturated heterocycles. The average Bonchev–Trinajstić information content (AvgIpc) is 2.23. The van der Waals surface area contributed by atoms with Gasteiger partial charge in [0, 0.05) is 10.9 Å². The molecule has 2 aromatic rings. The lowest BCUT2D eigenvalue weighted by molar-refractivity contribution is 0.184. The van der Waals surface area contributed by atoms with Gasteiger partial charge in [0.05, 0.1) is 5.52 Å². The number of nitrogens with zero attached hydrogens (tertiary/aromatic N) is 1. The molecule has 0 fully saturated rings. The van der Waals surface area contributed by atoms with Gasteiger partial charge in [-0.3, -0.25) is 4.79 Å². The molecule has 14 heavy (non-hydrogen) atoms. The fraction of sp³-hybridized carbons (Fsp3) is 0.100. The van der Waals surface area contributed by atoms with Gasteiger partial charge < -0.3 is 10.3 Å². The van der Waals surface area contributed by atoms with Gasteiger partial charge in [0.2, 0.25) is 0 Å². The second kappa shape index (κ2) is 2.77. The fourth-order valence-corrected chi connectivity index (χ4v) is 1.47. The highest BCUT2D eigenvalue weighted by molar-refractivity contribution is 5.83. The summed E-state index contributed by atoms with van der Waals surface area (Å²) in [6.07, 6.45) is 0. The van der Waals surface area contributed by atoms with Crippen LogP contribution < -0.4 is 5.56 Å². The second-order valence-electron chi connectivity index (χ2n) is 3.11. The Bertz CT molecular complexity index is 557. The highest BCUT2D eigenvalue weighted by atomic mass is 16.5. The number of hydrogen-bond donors (Lipinski definition) is 2. The molecule has 2 rings (SSSR count). The van der Waals surface area contributed by atoms with Gasteiger partial charge in [-0.05, 0) is 13.0 Å². The third-order valence-corrected chi connectivity index (χ3v) is 2.29. The fourth-order valence-electron chi connectivity index (χ4n) is 1.47. The molecule has 4 heteroatoms. The molecule has 0 bridgehead atoms. The molecule has 2 N–H and O–H groups in total. The standard InChI is InChI=1S/C10H9NO3/c1-6-7-4-2-3-5-8(7)11(14)10(13)9(6)12/h2-5,12,14H,1H3. The highest BCUT2D eigenvalue weighted by Crippen LogP contribution is 2.21. The molecule has 0 aliphatic rings. The summed E-state index contributed by atoms with van der Waals surface area (Å²) in [7, 11) is 0. The molecular formula is C10H9NO3. The Kier molecular flexibility index (Phi) is 1.70. The van der Waals surface area contributed by atoms with Gasteiger partial charge in [0.1, 0.15) is 0 Å². The Morgan fingerprint density at radius 1 is 1.29 bits per heavy atom. The molecule has 0 atom stereocenters. The number of aromatic nitrogens is 1. The van der Waals surface area contributed by atoms with Crippen molar-refractivity contribution in [2.24, 2.45) is 0 Å². The number of hydrogen-bond acceptors (Lipinski definition) is 3. The van der Waals surface area contributed by atoms with E-state index in [2.05, 4.69) is 0 Å². The van der Waals surface area contributed by atoms with Gasteiger partial charge in [-0.25, -0.2) is 0 Å². The molecule has 1 aromatic carbocycles. The van der Waals surface area contributed by atoms with E-state index >= 15 is 0 Å². The van der Waals surface area contributed by atoms with Crippen LogP contribution in [0, 0.1) is 6.92 Å². The molecular weight excluding hydrogens is 182 g/mol. The smallest absolute Gasteiger partial charge is 0.325 e. The van der Waals surface area contributed by atoms with Gasteiger partial charge >= 0.3 is 5.56 Å². The zero-order valence-corrected chi connectivity index (χ0v) is 7.56. The van der Waals surface area contributed by atoms with E-state index in [0.717, 1.165) is 0 Å². The molecule has 0 radical (unpaired) electrons. The number of aryl methyl sites for hydroxylation is 1. The largest absolute Gasteiger partial charge is 0.503 e. The van der Waals surface area contributed by atoms with E-state index in [1.54, 1.807) is 31.2 Å². The number of aromatic hydroxyl groups is 1. The first-order valence-electron chi connectivity index (χ1n) is 4.15. The summed E-state index contributed by atoms with van der Waals surface area (Å²) in [6, 6.07) is 6.84. The molecule has 0 aliphatic carbocycles. The van der Waals surface area contributed by atoms with E-state index in [-0.39, 0.29) is 0 Å². The molecule has 1 heterocycles. The van der Waals surface area contributed by atoms with Crippen molar-refractivity contribution in [2.45, 2.75) is 6.92 Å². The van der Waals surface area contributed by atoms with Crippen LogP contribution in [0.5, 0.6) is 5.75 Å². The predicted octanol–water partition coefficient (Wildman–Crippen LogP) is 1.25. The topological polar surface area (TPSA) is 62.5 Å². The minimum absolute atomic E-state index is 0.396. The lowest BCUT2D eigenvalue weighted by atomic mass is 10.1. The molecule has 0 amide bonds. The van der Waals surface area contributed by atoms with Crippen LogP contribution >= 0.6 is 0 Å². The van der Waals surface area contributed by atoms with Crippen LogP contribution in [0.3, 0.4) is 0 Å². The molecule has 0 aliphatic heterocycles. The van der Waals surface area contributed by atoms with Crippen LogP contribution in [0.15, 0.2) is 29.1 Å². The Morgan fingerprint density at radius 2 is 1.93 bits per heavy atom. The first kappa shape index (κ1) is 8.62. The maximum atomic E-state index is 11.3. The van der Waals surface area contributed by atoms with Gasteiger partial charge in [-0.1, -0.05) is 18.2 Å². The SMILES string of the molecule is Cc1c(O)c(=O)n(O)c2ccccc12. The van der Waals surface area contributed by atoms with E-state index < -0.39 is 11.3 Å². The lowest BCUT2D eigenvalue weighted by Gasteiger charge is -2.06. The van der Waals surface area contributed by atoms with E-state index in [9.17, 15) is 15.1 Å². The summed E-state index contributed by atoms with van der Waals surface area (Å²) in [5, 5.41) is 19.5. The van der Waals surface area contributed by atoms with E-state index in [4.69, 9.17) is 0 Å². The normalized spacial score (nSPS) is 10.6. The zero-order valence-electron chi connectivity index (χ0n) is 7.56. The van der Waals surface area contributed by atoms with Gasteiger partial charge in [-0.15, -0.1) is 4.73 Å². The van der Waals surface area contributed by atoms with E-state index in [0.29, 0.717) is 21.2 Å². The molecule has 0 saturated carbocycles. The summed E-state index contributed by atoms with van der Waals surface area (Å²) < 4.78 is 0.456. The molecule has 4 nitrogen and oxygen atoms in total. The maximum absolute atomic E-state index is 11.3. The van der Waals surface area contributed by atoms with Crippen LogP contribution in [-0.2, 0) is 0 Å². The van der Waals surface area contributed by atoms with E-state index in [1.165, 1.54) is 0 Å². The number of para-hydroxylation sites is 1. The van der Waals surface area contributed by atoms with Crippen LogP contribution in [0.4, 0.5) is 0 Å². The van der Waals surface area contributed by atoms with Crippen molar-refractivity contribution in [3.8, 4) is 5.75 Å².